The van der Waals surface area contributed by atoms with Gasteiger partial charge in [-0.3, -0.25) is 19.2 Å². The fraction of sp³-hybridized carbons (Fsp3) is 0.853. The molecule has 20 nitrogen and oxygen atoms in total. The fourth-order valence-electron chi connectivity index (χ4n) is 3.62. The van der Waals surface area contributed by atoms with E-state index >= 15 is 0 Å². The highest BCUT2D eigenvalue weighted by atomic mass is 16.6. The first-order chi connectivity index (χ1) is 26.3. The summed E-state index contributed by atoms with van der Waals surface area (Å²) in [5.41, 5.74) is 0. The summed E-state index contributed by atoms with van der Waals surface area (Å²) in [6.07, 6.45) is -0.231. The van der Waals surface area contributed by atoms with Crippen molar-refractivity contribution in [2.75, 3.05) is 159 Å². The summed E-state index contributed by atoms with van der Waals surface area (Å²) >= 11 is 0. The highest BCUT2D eigenvalue weighted by Gasteiger charge is 2.14. The van der Waals surface area contributed by atoms with Crippen LogP contribution in [0.4, 0.5) is 0 Å². The van der Waals surface area contributed by atoms with E-state index < -0.39 is 30.1 Å². The summed E-state index contributed by atoms with van der Waals surface area (Å²) in [4.78, 5) is 54.4. The summed E-state index contributed by atoms with van der Waals surface area (Å²) in [5.74, 6) is -4.53. The minimum absolute atomic E-state index is 0.00475. The van der Waals surface area contributed by atoms with E-state index in [9.17, 15) is 24.0 Å². The molecule has 0 saturated heterocycles. The van der Waals surface area contributed by atoms with Crippen molar-refractivity contribution in [3.05, 3.63) is 0 Å². The van der Waals surface area contributed by atoms with Gasteiger partial charge in [-0.05, 0) is 6.42 Å². The van der Waals surface area contributed by atoms with Crippen LogP contribution in [0, 0.1) is 0 Å². The molecule has 0 atom stereocenters. The van der Waals surface area contributed by atoms with Crippen molar-refractivity contribution in [2.24, 2.45) is 0 Å². The van der Waals surface area contributed by atoms with E-state index in [1.165, 1.54) is 0 Å². The molecule has 0 radical (unpaired) electrons. The molecule has 0 aromatic rings. The molecule has 0 spiro atoms. The Labute approximate surface area is 316 Å². The van der Waals surface area contributed by atoms with Gasteiger partial charge in [0, 0.05) is 26.0 Å². The van der Waals surface area contributed by atoms with Gasteiger partial charge in [0.25, 0.3) is 0 Å². The van der Waals surface area contributed by atoms with Crippen LogP contribution in [0.1, 0.15) is 32.1 Å². The second-order valence-electron chi connectivity index (χ2n) is 10.8. The third kappa shape index (κ3) is 41.9. The Morgan fingerprint density at radius 1 is 0.370 bits per heavy atom. The van der Waals surface area contributed by atoms with Crippen molar-refractivity contribution in [3.63, 3.8) is 0 Å². The van der Waals surface area contributed by atoms with E-state index in [-0.39, 0.29) is 38.4 Å². The number of ether oxygens (including phenoxy) is 12. The quantitative estimate of drug-likeness (QED) is 0.0401. The molecule has 3 N–H and O–H groups in total. The SMILES string of the molecule is O=C(O)CCC(=O)NCCCOCCOCCOCCOCCOCCOCCOCCOCCOCCOCCOCCOC(=O)CCC(=O)C(=O)O. The van der Waals surface area contributed by atoms with Crippen LogP contribution in [0.2, 0.25) is 0 Å². The van der Waals surface area contributed by atoms with Crippen molar-refractivity contribution in [1.29, 1.82) is 0 Å². The monoisotopic (exact) mass is 787 g/mol. The van der Waals surface area contributed by atoms with Crippen LogP contribution in [0.15, 0.2) is 0 Å². The summed E-state index contributed by atoms with van der Waals surface area (Å²) in [6.45, 7) is 9.68. The van der Waals surface area contributed by atoms with E-state index in [1.54, 1.807) is 0 Å². The minimum Gasteiger partial charge on any atom is -0.481 e. The van der Waals surface area contributed by atoms with Gasteiger partial charge in [0.15, 0.2) is 0 Å². The third-order valence-electron chi connectivity index (χ3n) is 6.36. The second kappa shape index (κ2) is 41.3. The van der Waals surface area contributed by atoms with Gasteiger partial charge in [0.1, 0.15) is 6.61 Å². The normalized spacial score (nSPS) is 11.1. The lowest BCUT2D eigenvalue weighted by atomic mass is 10.2. The molecule has 0 aromatic carbocycles. The molecular formula is C34H61NO19. The molecule has 0 aliphatic heterocycles. The number of rotatable bonds is 44. The molecule has 0 aliphatic rings. The maximum atomic E-state index is 11.4. The van der Waals surface area contributed by atoms with Gasteiger partial charge in [-0.15, -0.1) is 0 Å². The highest BCUT2D eigenvalue weighted by molar-refractivity contribution is 6.32. The van der Waals surface area contributed by atoms with Crippen molar-refractivity contribution >= 4 is 29.6 Å². The first-order valence-corrected chi connectivity index (χ1v) is 18.1. The molecular weight excluding hydrogens is 726 g/mol. The lowest BCUT2D eigenvalue weighted by Gasteiger charge is -2.09. The molecule has 20 heteroatoms. The molecule has 0 fully saturated rings. The number of hydrogen-bond donors (Lipinski definition) is 3. The Hall–Kier alpha value is -2.89. The van der Waals surface area contributed by atoms with Gasteiger partial charge in [-0.1, -0.05) is 0 Å². The maximum absolute atomic E-state index is 11.4. The average Bonchev–Trinajstić information content (AvgIpc) is 3.15. The zero-order chi connectivity index (χ0) is 39.6. The molecule has 0 aromatic heterocycles. The van der Waals surface area contributed by atoms with E-state index in [4.69, 9.17) is 67.1 Å². The van der Waals surface area contributed by atoms with Crippen LogP contribution in [0.25, 0.3) is 0 Å². The maximum Gasteiger partial charge on any atom is 0.372 e. The van der Waals surface area contributed by atoms with Gasteiger partial charge in [-0.25, -0.2) is 4.79 Å². The lowest BCUT2D eigenvalue weighted by molar-refractivity contribution is -0.151. The predicted molar refractivity (Wildman–Crippen MR) is 186 cm³/mol. The van der Waals surface area contributed by atoms with E-state index in [1.807, 2.05) is 0 Å². The van der Waals surface area contributed by atoms with Gasteiger partial charge >= 0.3 is 17.9 Å². The Bertz CT molecular complexity index is 926. The predicted octanol–water partition coefficient (Wildman–Crippen LogP) is -0.483. The van der Waals surface area contributed by atoms with Crippen molar-refractivity contribution in [2.45, 2.75) is 32.1 Å². The fourth-order valence-corrected chi connectivity index (χ4v) is 3.62. The molecule has 316 valence electrons. The molecule has 0 bridgehead atoms. The number of carbonyl (C=O) groups excluding carboxylic acids is 3. The number of carboxylic acids is 2. The molecule has 0 rings (SSSR count). The van der Waals surface area contributed by atoms with Crippen LogP contribution in [0.3, 0.4) is 0 Å². The smallest absolute Gasteiger partial charge is 0.372 e. The van der Waals surface area contributed by atoms with Crippen LogP contribution in [-0.2, 0) is 80.8 Å². The molecule has 0 heterocycles. The largest absolute Gasteiger partial charge is 0.481 e. The average molecular weight is 788 g/mol. The number of hydrogen-bond acceptors (Lipinski definition) is 17. The van der Waals surface area contributed by atoms with E-state index in [0.29, 0.717) is 152 Å². The van der Waals surface area contributed by atoms with E-state index in [2.05, 4.69) is 5.32 Å². The number of carboxylic acid groups (broad SMARTS) is 2. The zero-order valence-electron chi connectivity index (χ0n) is 31.3. The standard InChI is InChI=1S/C34H61NO19/c36-30(34(41)42)2-5-33(40)54-29-28-53-27-26-52-25-24-51-23-22-50-21-20-49-19-18-48-17-16-47-15-14-46-13-12-45-11-10-44-9-8-43-7-1-6-35-31(37)3-4-32(38)39/h1-29H2,(H,35,37)(H,38,39)(H,41,42). The molecule has 0 unspecified atom stereocenters. The number of nitrogens with one attached hydrogen (secondary N) is 1. The summed E-state index contributed by atoms with van der Waals surface area (Å²) in [6, 6.07) is 0. The van der Waals surface area contributed by atoms with Crippen molar-refractivity contribution < 1.29 is 91.0 Å². The first kappa shape index (κ1) is 51.1. The lowest BCUT2D eigenvalue weighted by Crippen LogP contribution is -2.25. The molecule has 54 heavy (non-hydrogen) atoms. The number of ketones is 1. The summed E-state index contributed by atoms with van der Waals surface area (Å²) in [7, 11) is 0. The van der Waals surface area contributed by atoms with E-state index in [0.717, 1.165) is 0 Å². The Kier molecular flexibility index (Phi) is 39.1. The van der Waals surface area contributed by atoms with Crippen LogP contribution >= 0.6 is 0 Å². The number of Topliss-reactive ketones (excluding diaryl/α,β-unsaturated/α-hetero) is 1. The van der Waals surface area contributed by atoms with Gasteiger partial charge in [-0.2, -0.15) is 0 Å². The zero-order valence-corrected chi connectivity index (χ0v) is 31.3. The van der Waals surface area contributed by atoms with Crippen LogP contribution in [0.5, 0.6) is 0 Å². The van der Waals surface area contributed by atoms with Crippen molar-refractivity contribution in [3.8, 4) is 0 Å². The van der Waals surface area contributed by atoms with Crippen molar-refractivity contribution in [1.82, 2.24) is 5.32 Å². The summed E-state index contributed by atoms with van der Waals surface area (Å²) in [5, 5.41) is 19.6. The second-order valence-corrected chi connectivity index (χ2v) is 10.8. The third-order valence-corrected chi connectivity index (χ3v) is 6.36. The van der Waals surface area contributed by atoms with Gasteiger partial charge < -0.3 is 72.4 Å². The molecule has 0 saturated carbocycles. The number of carbonyl (C=O) groups is 5. The minimum atomic E-state index is -1.57. The molecule has 0 aliphatic carbocycles. The van der Waals surface area contributed by atoms with Crippen LogP contribution < -0.4 is 5.32 Å². The molecule has 1 amide bonds. The number of aliphatic carboxylic acids is 2. The topological polar surface area (TPSA) is 249 Å². The Morgan fingerprint density at radius 3 is 1.00 bits per heavy atom. The van der Waals surface area contributed by atoms with Gasteiger partial charge in [0.05, 0.1) is 152 Å². The first-order valence-electron chi connectivity index (χ1n) is 18.1. The van der Waals surface area contributed by atoms with Gasteiger partial charge in [0.2, 0.25) is 11.7 Å². The summed E-state index contributed by atoms with van der Waals surface area (Å²) < 4.78 is 64.4. The van der Waals surface area contributed by atoms with Crippen LogP contribution in [-0.4, -0.2) is 198 Å². The Morgan fingerprint density at radius 2 is 0.685 bits per heavy atom. The highest BCUT2D eigenvalue weighted by Crippen LogP contribution is 1.95. The number of esters is 1. The number of amides is 1. The Balaban J connectivity index is 3.14.